The molecule has 0 amide bonds. The Balaban J connectivity index is 1.42. The third-order valence-electron chi connectivity index (χ3n) is 5.42. The second-order valence-electron chi connectivity index (χ2n) is 7.50. The summed E-state index contributed by atoms with van der Waals surface area (Å²) in [6.07, 6.45) is 2.77. The number of anilines is 1. The maximum atomic E-state index is 13.1. The standard InChI is InChI=1S/C21H28N6O3S/c1-3-5-16-30-17-6-8-18(9-7-17)31(28,29)26-14-12-25(13-15-26)21-11-10-20-23-22-19(4-2)27(20)24-21/h6-11H,3-5,12-16H2,1-2H3. The van der Waals surface area contributed by atoms with Crippen molar-refractivity contribution in [3.63, 3.8) is 0 Å². The fourth-order valence-electron chi connectivity index (χ4n) is 3.56. The second kappa shape index (κ2) is 9.19. The zero-order valence-corrected chi connectivity index (χ0v) is 18.8. The van der Waals surface area contributed by atoms with Crippen LogP contribution < -0.4 is 9.64 Å². The molecule has 4 rings (SSSR count). The molecule has 1 saturated heterocycles. The first-order valence-corrected chi connectivity index (χ1v) is 12.2. The molecule has 3 heterocycles. The summed E-state index contributed by atoms with van der Waals surface area (Å²) in [4.78, 5) is 2.38. The smallest absolute Gasteiger partial charge is 0.243 e. The minimum Gasteiger partial charge on any atom is -0.494 e. The van der Waals surface area contributed by atoms with Gasteiger partial charge < -0.3 is 9.64 Å². The SMILES string of the molecule is CCCCOc1ccc(S(=O)(=O)N2CCN(c3ccc4nnc(CC)n4n3)CC2)cc1. The zero-order chi connectivity index (χ0) is 21.8. The van der Waals surface area contributed by atoms with Gasteiger partial charge in [0.15, 0.2) is 11.5 Å². The number of hydrogen-bond donors (Lipinski definition) is 0. The van der Waals surface area contributed by atoms with Gasteiger partial charge in [0.1, 0.15) is 11.6 Å². The van der Waals surface area contributed by atoms with Crippen molar-refractivity contribution < 1.29 is 13.2 Å². The van der Waals surface area contributed by atoms with Gasteiger partial charge >= 0.3 is 0 Å². The van der Waals surface area contributed by atoms with Crippen LogP contribution in [-0.4, -0.2) is 65.3 Å². The van der Waals surface area contributed by atoms with E-state index in [0.717, 1.165) is 30.9 Å². The third kappa shape index (κ3) is 4.49. The second-order valence-corrected chi connectivity index (χ2v) is 9.43. The Bertz CT molecular complexity index is 1120. The maximum absolute atomic E-state index is 13.1. The Morgan fingerprint density at radius 2 is 1.71 bits per heavy atom. The predicted molar refractivity (Wildman–Crippen MR) is 118 cm³/mol. The first-order valence-electron chi connectivity index (χ1n) is 10.7. The van der Waals surface area contributed by atoms with Gasteiger partial charge in [-0.1, -0.05) is 20.3 Å². The molecule has 31 heavy (non-hydrogen) atoms. The van der Waals surface area contributed by atoms with E-state index in [0.29, 0.717) is 49.1 Å². The molecule has 1 aliphatic heterocycles. The fraction of sp³-hybridized carbons (Fsp3) is 0.476. The highest BCUT2D eigenvalue weighted by Gasteiger charge is 2.29. The van der Waals surface area contributed by atoms with Gasteiger partial charge in [-0.15, -0.1) is 15.3 Å². The van der Waals surface area contributed by atoms with Crippen molar-refractivity contribution in [3.05, 3.63) is 42.2 Å². The van der Waals surface area contributed by atoms with Crippen LogP contribution >= 0.6 is 0 Å². The summed E-state index contributed by atoms with van der Waals surface area (Å²) >= 11 is 0. The normalized spacial score (nSPS) is 15.5. The molecule has 0 N–H and O–H groups in total. The summed E-state index contributed by atoms with van der Waals surface area (Å²) in [5.41, 5.74) is 0.712. The molecular formula is C21H28N6O3S. The summed E-state index contributed by atoms with van der Waals surface area (Å²) in [6, 6.07) is 10.5. The van der Waals surface area contributed by atoms with Crippen molar-refractivity contribution >= 4 is 21.5 Å². The Kier molecular flexibility index (Phi) is 6.38. The largest absolute Gasteiger partial charge is 0.494 e. The molecule has 0 spiro atoms. The summed E-state index contributed by atoms with van der Waals surface area (Å²) in [6.45, 7) is 6.69. The maximum Gasteiger partial charge on any atom is 0.243 e. The van der Waals surface area contributed by atoms with E-state index in [1.807, 2.05) is 19.1 Å². The number of aromatic nitrogens is 4. The zero-order valence-electron chi connectivity index (χ0n) is 17.9. The topological polar surface area (TPSA) is 92.9 Å². The number of ether oxygens (including phenoxy) is 1. The van der Waals surface area contributed by atoms with Crippen LogP contribution in [0.2, 0.25) is 0 Å². The Morgan fingerprint density at radius 1 is 0.968 bits per heavy atom. The highest BCUT2D eigenvalue weighted by molar-refractivity contribution is 7.89. The quantitative estimate of drug-likeness (QED) is 0.493. The number of sulfonamides is 1. The molecule has 0 saturated carbocycles. The highest BCUT2D eigenvalue weighted by Crippen LogP contribution is 2.22. The van der Waals surface area contributed by atoms with Crippen LogP contribution in [0, 0.1) is 0 Å². The van der Waals surface area contributed by atoms with E-state index in [9.17, 15) is 8.42 Å². The molecule has 1 aromatic carbocycles. The van der Waals surface area contributed by atoms with Gasteiger partial charge in [-0.25, -0.2) is 8.42 Å². The summed E-state index contributed by atoms with van der Waals surface area (Å²) in [5, 5.41) is 12.9. The van der Waals surface area contributed by atoms with Gasteiger partial charge in [0.2, 0.25) is 10.0 Å². The lowest BCUT2D eigenvalue weighted by atomic mass is 10.3. The number of hydrogen-bond acceptors (Lipinski definition) is 7. The van der Waals surface area contributed by atoms with Gasteiger partial charge in [-0.2, -0.15) is 8.82 Å². The third-order valence-corrected chi connectivity index (χ3v) is 7.33. The number of nitrogens with zero attached hydrogens (tertiary/aromatic N) is 6. The molecule has 2 aromatic heterocycles. The Labute approximate surface area is 182 Å². The lowest BCUT2D eigenvalue weighted by Gasteiger charge is -2.34. The van der Waals surface area contributed by atoms with E-state index in [-0.39, 0.29) is 0 Å². The molecule has 9 nitrogen and oxygen atoms in total. The molecule has 3 aromatic rings. The van der Waals surface area contributed by atoms with Crippen LogP contribution in [-0.2, 0) is 16.4 Å². The predicted octanol–water partition coefficient (Wildman–Crippen LogP) is 2.38. The van der Waals surface area contributed by atoms with Crippen molar-refractivity contribution in [3.8, 4) is 5.75 Å². The van der Waals surface area contributed by atoms with E-state index in [4.69, 9.17) is 4.74 Å². The Hall–Kier alpha value is -2.72. The number of aryl methyl sites for hydroxylation is 1. The van der Waals surface area contributed by atoms with Gasteiger partial charge in [-0.05, 0) is 42.8 Å². The first-order chi connectivity index (χ1) is 15.0. The van der Waals surface area contributed by atoms with Crippen LogP contribution in [0.15, 0.2) is 41.3 Å². The van der Waals surface area contributed by atoms with Crippen molar-refractivity contribution in [2.75, 3.05) is 37.7 Å². The average Bonchev–Trinajstić information content (AvgIpc) is 3.22. The van der Waals surface area contributed by atoms with Gasteiger partial charge in [0.05, 0.1) is 11.5 Å². The lowest BCUT2D eigenvalue weighted by Crippen LogP contribution is -2.49. The van der Waals surface area contributed by atoms with Gasteiger partial charge in [-0.3, -0.25) is 0 Å². The first kappa shape index (κ1) is 21.5. The van der Waals surface area contributed by atoms with Crippen molar-refractivity contribution in [1.82, 2.24) is 24.1 Å². The summed E-state index contributed by atoms with van der Waals surface area (Å²) < 4.78 is 35.0. The molecule has 1 aliphatic rings. The van der Waals surface area contributed by atoms with Crippen LogP contribution in [0.5, 0.6) is 5.75 Å². The fourth-order valence-corrected chi connectivity index (χ4v) is 4.98. The number of fused-ring (bicyclic) bond motifs is 1. The van der Waals surface area contributed by atoms with Crippen LogP contribution in [0.1, 0.15) is 32.5 Å². The van der Waals surface area contributed by atoms with E-state index in [1.54, 1.807) is 28.8 Å². The average molecular weight is 445 g/mol. The van der Waals surface area contributed by atoms with Crippen LogP contribution in [0.25, 0.3) is 5.65 Å². The number of rotatable bonds is 8. The van der Waals surface area contributed by atoms with Crippen LogP contribution in [0.4, 0.5) is 5.82 Å². The Morgan fingerprint density at radius 3 is 2.39 bits per heavy atom. The van der Waals surface area contributed by atoms with Crippen LogP contribution in [0.3, 0.4) is 0 Å². The molecule has 0 unspecified atom stereocenters. The number of unbranched alkanes of at least 4 members (excludes halogenated alkanes) is 1. The van der Waals surface area contributed by atoms with E-state index in [1.165, 1.54) is 4.31 Å². The van der Waals surface area contributed by atoms with Crippen molar-refractivity contribution in [2.24, 2.45) is 0 Å². The molecule has 0 aliphatic carbocycles. The molecule has 0 radical (unpaired) electrons. The molecule has 10 heteroatoms. The van der Waals surface area contributed by atoms with Gasteiger partial charge in [0, 0.05) is 32.6 Å². The van der Waals surface area contributed by atoms with Crippen molar-refractivity contribution in [2.45, 2.75) is 38.0 Å². The molecular weight excluding hydrogens is 416 g/mol. The lowest BCUT2D eigenvalue weighted by molar-refractivity contribution is 0.309. The van der Waals surface area contributed by atoms with E-state index in [2.05, 4.69) is 27.1 Å². The molecule has 0 bridgehead atoms. The van der Waals surface area contributed by atoms with E-state index < -0.39 is 10.0 Å². The molecule has 1 fully saturated rings. The molecule has 0 atom stereocenters. The minimum absolute atomic E-state index is 0.292. The van der Waals surface area contributed by atoms with E-state index >= 15 is 0 Å². The number of piperazine rings is 1. The summed E-state index contributed by atoms with van der Waals surface area (Å²) in [7, 11) is -3.54. The highest BCUT2D eigenvalue weighted by atomic mass is 32.2. The van der Waals surface area contributed by atoms with Crippen molar-refractivity contribution in [1.29, 1.82) is 0 Å². The molecule has 166 valence electrons. The summed E-state index contributed by atoms with van der Waals surface area (Å²) in [5.74, 6) is 2.30. The number of benzene rings is 1. The van der Waals surface area contributed by atoms with Gasteiger partial charge in [0.25, 0.3) is 0 Å². The minimum atomic E-state index is -3.54. The monoisotopic (exact) mass is 444 g/mol.